The van der Waals surface area contributed by atoms with Gasteiger partial charge in [0, 0.05) is 44.2 Å². The van der Waals surface area contributed by atoms with E-state index >= 15 is 0 Å². The van der Waals surface area contributed by atoms with Crippen LogP contribution in [0.25, 0.3) is 88.4 Å². The third-order valence-electron chi connectivity index (χ3n) is 12.5. The van der Waals surface area contributed by atoms with Crippen LogP contribution in [-0.4, -0.2) is 9.13 Å². The van der Waals surface area contributed by atoms with Crippen LogP contribution in [0.3, 0.4) is 0 Å². The van der Waals surface area contributed by atoms with Crippen molar-refractivity contribution in [2.75, 3.05) is 4.90 Å². The van der Waals surface area contributed by atoms with Gasteiger partial charge in [-0.25, -0.2) is 0 Å². The molecule has 0 aliphatic carbocycles. The van der Waals surface area contributed by atoms with Crippen LogP contribution in [0.5, 0.6) is 0 Å². The van der Waals surface area contributed by atoms with Crippen LogP contribution in [0.2, 0.25) is 0 Å². The first-order chi connectivity index (χ1) is 31.3. The van der Waals surface area contributed by atoms with Gasteiger partial charge in [0.15, 0.2) is 0 Å². The Balaban J connectivity index is 1.04. The Morgan fingerprint density at radius 3 is 1.29 bits per heavy atom. The number of para-hydroxylation sites is 7. The van der Waals surface area contributed by atoms with Gasteiger partial charge >= 0.3 is 0 Å². The number of aromatic nitrogens is 2. The first kappa shape index (κ1) is 36.5. The highest BCUT2D eigenvalue weighted by Gasteiger charge is 2.22. The molecule has 0 fully saturated rings. The molecule has 12 rings (SSSR count). The van der Waals surface area contributed by atoms with E-state index in [-0.39, 0.29) is 0 Å². The second-order valence-corrected chi connectivity index (χ2v) is 16.1. The lowest BCUT2D eigenvalue weighted by molar-refractivity contribution is 1.15. The molecule has 296 valence electrons. The topological polar surface area (TPSA) is 13.1 Å². The summed E-state index contributed by atoms with van der Waals surface area (Å²) in [6, 6.07) is 90.0. The predicted molar refractivity (Wildman–Crippen MR) is 266 cm³/mol. The van der Waals surface area contributed by atoms with Gasteiger partial charge in [-0.3, -0.25) is 0 Å². The summed E-state index contributed by atoms with van der Waals surface area (Å²) in [6.45, 7) is 0. The maximum absolute atomic E-state index is 2.43. The normalized spacial score (nSPS) is 11.5. The van der Waals surface area contributed by atoms with E-state index in [4.69, 9.17) is 0 Å². The summed E-state index contributed by atoms with van der Waals surface area (Å²) in [5, 5.41) is 4.97. The van der Waals surface area contributed by atoms with E-state index in [1.807, 2.05) is 0 Å². The highest BCUT2D eigenvalue weighted by Crippen LogP contribution is 2.44. The molecule has 2 aromatic heterocycles. The van der Waals surface area contributed by atoms with Crippen molar-refractivity contribution in [3.05, 3.63) is 249 Å². The lowest BCUT2D eigenvalue weighted by atomic mass is 9.94. The molecule has 3 nitrogen and oxygen atoms in total. The average Bonchev–Trinajstić information content (AvgIpc) is 3.89. The molecule has 0 unspecified atom stereocenters. The van der Waals surface area contributed by atoms with E-state index in [0.29, 0.717) is 0 Å². The molecule has 3 heteroatoms. The van der Waals surface area contributed by atoms with E-state index in [2.05, 4.69) is 263 Å². The molecule has 0 aliphatic rings. The van der Waals surface area contributed by atoms with E-state index in [1.54, 1.807) is 0 Å². The molecule has 63 heavy (non-hydrogen) atoms. The summed E-state index contributed by atoms with van der Waals surface area (Å²) in [6.07, 6.45) is 0. The van der Waals surface area contributed by atoms with Gasteiger partial charge in [0.05, 0.1) is 33.4 Å². The van der Waals surface area contributed by atoms with Crippen LogP contribution in [0.1, 0.15) is 0 Å². The minimum Gasteiger partial charge on any atom is -0.309 e. The Morgan fingerprint density at radius 2 is 0.683 bits per heavy atom. The minimum atomic E-state index is 1.07. The van der Waals surface area contributed by atoms with Crippen LogP contribution < -0.4 is 4.90 Å². The van der Waals surface area contributed by atoms with E-state index < -0.39 is 0 Å². The highest BCUT2D eigenvalue weighted by atomic mass is 15.2. The van der Waals surface area contributed by atoms with Gasteiger partial charge in [-0.05, 0) is 94.5 Å². The third kappa shape index (κ3) is 6.13. The Hall–Kier alpha value is -8.40. The van der Waals surface area contributed by atoms with Crippen LogP contribution >= 0.6 is 0 Å². The smallest absolute Gasteiger partial charge is 0.0702 e. The van der Waals surface area contributed by atoms with Crippen molar-refractivity contribution in [3.63, 3.8) is 0 Å². The molecule has 0 saturated carbocycles. The van der Waals surface area contributed by atoms with Gasteiger partial charge in [0.1, 0.15) is 0 Å². The van der Waals surface area contributed by atoms with Gasteiger partial charge in [0.25, 0.3) is 0 Å². The molecule has 0 bridgehead atoms. The van der Waals surface area contributed by atoms with E-state index in [1.165, 1.54) is 71.4 Å². The van der Waals surface area contributed by atoms with Crippen LogP contribution in [-0.2, 0) is 0 Å². The quantitative estimate of drug-likeness (QED) is 0.149. The van der Waals surface area contributed by atoms with Crippen molar-refractivity contribution in [1.82, 2.24) is 9.13 Å². The fraction of sp³-hybridized carbons (Fsp3) is 0. The van der Waals surface area contributed by atoms with E-state index in [9.17, 15) is 0 Å². The van der Waals surface area contributed by atoms with Crippen LogP contribution in [0.4, 0.5) is 17.1 Å². The standard InChI is InChI=1S/C60H41N3/c1-3-18-42(19-4-1)48-22-7-8-23-49(48)43-34-38-46(39-35-43)61(58-32-15-16-33-59(58)63-56-30-13-9-24-51(56)52-25-10-14-31-57(52)63)47-40-36-44(37-41-47)50-27-17-28-54-53-26-11-12-29-55(53)62(60(50)54)45-20-5-2-6-21-45/h1-41H. The minimum absolute atomic E-state index is 1.07. The molecule has 2 heterocycles. The molecule has 0 saturated heterocycles. The molecule has 0 amide bonds. The number of nitrogens with zero attached hydrogens (tertiary/aromatic N) is 3. The summed E-state index contributed by atoms with van der Waals surface area (Å²) < 4.78 is 4.84. The zero-order valence-electron chi connectivity index (χ0n) is 34.5. The molecule has 0 atom stereocenters. The number of fused-ring (bicyclic) bond motifs is 6. The Kier molecular flexibility index (Phi) is 8.83. The third-order valence-corrected chi connectivity index (χ3v) is 12.5. The first-order valence-electron chi connectivity index (χ1n) is 21.6. The second kappa shape index (κ2) is 15.3. The average molecular weight is 804 g/mol. The summed E-state index contributed by atoms with van der Waals surface area (Å²) in [5.74, 6) is 0. The van der Waals surface area contributed by atoms with Gasteiger partial charge in [-0.2, -0.15) is 0 Å². The van der Waals surface area contributed by atoms with Crippen LogP contribution in [0, 0.1) is 0 Å². The molecule has 0 spiro atoms. The molecule has 0 N–H and O–H groups in total. The molecule has 0 aliphatic heterocycles. The van der Waals surface area contributed by atoms with Crippen molar-refractivity contribution < 1.29 is 0 Å². The monoisotopic (exact) mass is 803 g/mol. The van der Waals surface area contributed by atoms with Gasteiger partial charge in [0.2, 0.25) is 0 Å². The SMILES string of the molecule is c1ccc(-c2ccccc2-c2ccc(N(c3ccc(-c4cccc5c6ccccc6n(-c6ccccc6)c45)cc3)c3ccccc3-n3c4ccccc4c4ccccc43)cc2)cc1. The summed E-state index contributed by atoms with van der Waals surface area (Å²) in [7, 11) is 0. The lowest BCUT2D eigenvalue weighted by Crippen LogP contribution is -2.13. The van der Waals surface area contributed by atoms with Crippen molar-refractivity contribution in [3.8, 4) is 44.8 Å². The fourth-order valence-electron chi connectivity index (χ4n) is 9.73. The highest BCUT2D eigenvalue weighted by molar-refractivity contribution is 6.14. The lowest BCUT2D eigenvalue weighted by Gasteiger charge is -2.29. The number of rotatable bonds is 8. The molecule has 0 radical (unpaired) electrons. The molecule has 12 aromatic rings. The Morgan fingerprint density at radius 1 is 0.270 bits per heavy atom. The summed E-state index contributed by atoms with van der Waals surface area (Å²) in [5.41, 5.74) is 17.4. The van der Waals surface area contributed by atoms with Gasteiger partial charge in [-0.15, -0.1) is 0 Å². The van der Waals surface area contributed by atoms with Crippen molar-refractivity contribution >= 4 is 60.7 Å². The Labute approximate surface area is 366 Å². The largest absolute Gasteiger partial charge is 0.309 e. The van der Waals surface area contributed by atoms with Crippen molar-refractivity contribution in [2.45, 2.75) is 0 Å². The van der Waals surface area contributed by atoms with Gasteiger partial charge in [-0.1, -0.05) is 182 Å². The summed E-state index contributed by atoms with van der Waals surface area (Å²) >= 11 is 0. The number of hydrogen-bond donors (Lipinski definition) is 0. The fourth-order valence-corrected chi connectivity index (χ4v) is 9.73. The van der Waals surface area contributed by atoms with Crippen molar-refractivity contribution in [2.24, 2.45) is 0 Å². The molecular formula is C60H41N3. The van der Waals surface area contributed by atoms with Crippen molar-refractivity contribution in [1.29, 1.82) is 0 Å². The Bertz CT molecular complexity index is 3550. The molecular weight excluding hydrogens is 763 g/mol. The maximum Gasteiger partial charge on any atom is 0.0702 e. The summed E-state index contributed by atoms with van der Waals surface area (Å²) in [4.78, 5) is 2.41. The number of anilines is 3. The maximum atomic E-state index is 2.43. The zero-order valence-corrected chi connectivity index (χ0v) is 34.5. The van der Waals surface area contributed by atoms with Gasteiger partial charge < -0.3 is 14.0 Å². The molecule has 10 aromatic carbocycles. The number of benzene rings is 10. The second-order valence-electron chi connectivity index (χ2n) is 16.1. The zero-order chi connectivity index (χ0) is 41.7. The predicted octanol–water partition coefficient (Wildman–Crippen LogP) is 16.4. The van der Waals surface area contributed by atoms with Crippen LogP contribution in [0.15, 0.2) is 249 Å². The number of hydrogen-bond acceptors (Lipinski definition) is 1. The first-order valence-corrected chi connectivity index (χ1v) is 21.6. The van der Waals surface area contributed by atoms with E-state index in [0.717, 1.165) is 34.0 Å².